The van der Waals surface area contributed by atoms with Crippen LogP contribution in [0.4, 0.5) is 0 Å². The lowest BCUT2D eigenvalue weighted by molar-refractivity contribution is 0.00578. The van der Waals surface area contributed by atoms with Crippen molar-refractivity contribution >= 4 is 34.3 Å². The fraction of sp³-hybridized carbons (Fsp3) is 0.162. The molecule has 0 spiro atoms. The van der Waals surface area contributed by atoms with Gasteiger partial charge in [0.15, 0.2) is 0 Å². The Kier molecular flexibility index (Phi) is 6.08. The van der Waals surface area contributed by atoms with Gasteiger partial charge in [0, 0.05) is 21.7 Å². The lowest BCUT2D eigenvalue weighted by Crippen LogP contribution is -2.41. The van der Waals surface area contributed by atoms with Crippen LogP contribution in [0.2, 0.25) is 0 Å². The maximum Gasteiger partial charge on any atom is 0.494 e. The topological polar surface area (TPSA) is 31.4 Å². The average Bonchev–Trinajstić information content (AvgIpc) is 3.23. The molecule has 1 aliphatic rings. The Hall–Kier alpha value is -4.25. The van der Waals surface area contributed by atoms with Gasteiger partial charge in [0.1, 0.15) is 0 Å². The Bertz CT molecular complexity index is 1880. The summed E-state index contributed by atoms with van der Waals surface area (Å²) in [5.74, 6) is 0. The average molecular weight is 533 g/mol. The third-order valence-electron chi connectivity index (χ3n) is 8.74. The van der Waals surface area contributed by atoms with Gasteiger partial charge in [-0.2, -0.15) is 0 Å². The lowest BCUT2D eigenvalue weighted by Gasteiger charge is -2.32. The molecule has 1 aliphatic heterocycles. The number of pyridine rings is 1. The molecule has 4 heteroatoms. The van der Waals surface area contributed by atoms with Crippen LogP contribution in [0.25, 0.3) is 55.2 Å². The third-order valence-corrected chi connectivity index (χ3v) is 8.74. The summed E-state index contributed by atoms with van der Waals surface area (Å²) in [5, 5.41) is 3.49. The maximum atomic E-state index is 6.31. The Morgan fingerprint density at radius 2 is 1.07 bits per heavy atom. The van der Waals surface area contributed by atoms with Crippen molar-refractivity contribution in [3.63, 3.8) is 0 Å². The van der Waals surface area contributed by atoms with E-state index in [-0.39, 0.29) is 18.3 Å². The quantitative estimate of drug-likeness (QED) is 0.168. The molecule has 5 aromatic carbocycles. The van der Waals surface area contributed by atoms with Crippen LogP contribution in [-0.2, 0) is 9.31 Å². The first kappa shape index (κ1) is 25.7. The molecule has 1 fully saturated rings. The van der Waals surface area contributed by atoms with Gasteiger partial charge in [-0.1, -0.05) is 115 Å². The molecule has 0 unspecified atom stereocenters. The van der Waals surface area contributed by atoms with Crippen molar-refractivity contribution in [2.24, 2.45) is 0 Å². The van der Waals surface area contributed by atoms with Crippen molar-refractivity contribution in [3.05, 3.63) is 121 Å². The Morgan fingerprint density at radius 1 is 0.512 bits per heavy atom. The van der Waals surface area contributed by atoms with Crippen molar-refractivity contribution in [1.82, 2.24) is 4.98 Å². The molecule has 6 aromatic rings. The van der Waals surface area contributed by atoms with Gasteiger partial charge in [-0.15, -0.1) is 0 Å². The SMILES string of the molecule is CC1(C)OB(c2ccc(-c3cccc4c(-c5ccccc5-c5ccccc5)nc5ccccc5c34)cc2)OC1(C)C. The van der Waals surface area contributed by atoms with E-state index in [1.54, 1.807) is 0 Å². The number of nitrogens with zero attached hydrogens (tertiary/aromatic N) is 1. The molecule has 3 nitrogen and oxygen atoms in total. The second-order valence-electron chi connectivity index (χ2n) is 11.8. The second-order valence-corrected chi connectivity index (χ2v) is 11.8. The molecule has 0 atom stereocenters. The van der Waals surface area contributed by atoms with Crippen molar-refractivity contribution in [2.75, 3.05) is 0 Å². The Labute approximate surface area is 241 Å². The summed E-state index contributed by atoms with van der Waals surface area (Å²) in [6.45, 7) is 8.35. The van der Waals surface area contributed by atoms with Gasteiger partial charge in [0.05, 0.1) is 22.4 Å². The molecule has 2 heterocycles. The summed E-state index contributed by atoms with van der Waals surface area (Å²) in [4.78, 5) is 5.26. The van der Waals surface area contributed by atoms with Crippen molar-refractivity contribution in [2.45, 2.75) is 38.9 Å². The number of para-hydroxylation sites is 1. The molecule has 0 aliphatic carbocycles. The smallest absolute Gasteiger partial charge is 0.399 e. The van der Waals surface area contributed by atoms with Crippen molar-refractivity contribution in [3.8, 4) is 33.5 Å². The van der Waals surface area contributed by atoms with Gasteiger partial charge in [0.2, 0.25) is 0 Å². The molecule has 0 radical (unpaired) electrons. The Morgan fingerprint density at radius 3 is 1.80 bits per heavy atom. The molecule has 0 bridgehead atoms. The summed E-state index contributed by atoms with van der Waals surface area (Å²) >= 11 is 0. The summed E-state index contributed by atoms with van der Waals surface area (Å²) < 4.78 is 12.6. The van der Waals surface area contributed by atoms with E-state index in [9.17, 15) is 0 Å². The predicted molar refractivity (Wildman–Crippen MR) is 171 cm³/mol. The van der Waals surface area contributed by atoms with Crippen molar-refractivity contribution < 1.29 is 9.31 Å². The van der Waals surface area contributed by atoms with Gasteiger partial charge < -0.3 is 9.31 Å². The molecule has 1 saturated heterocycles. The third kappa shape index (κ3) is 4.35. The zero-order chi connectivity index (χ0) is 28.2. The van der Waals surface area contributed by atoms with E-state index < -0.39 is 0 Å². The maximum absolute atomic E-state index is 6.31. The van der Waals surface area contributed by atoms with Crippen LogP contribution >= 0.6 is 0 Å². The minimum Gasteiger partial charge on any atom is -0.399 e. The summed E-state index contributed by atoms with van der Waals surface area (Å²) in [6, 6.07) is 42.8. The predicted octanol–water partition coefficient (Wildman–Crippen LogP) is 8.69. The van der Waals surface area contributed by atoms with Gasteiger partial charge in [-0.05, 0) is 61.5 Å². The number of rotatable bonds is 4. The van der Waals surface area contributed by atoms with Crippen LogP contribution in [0.3, 0.4) is 0 Å². The number of fused-ring (bicyclic) bond motifs is 3. The van der Waals surface area contributed by atoms with E-state index in [1.807, 2.05) is 0 Å². The zero-order valence-electron chi connectivity index (χ0n) is 23.9. The zero-order valence-corrected chi connectivity index (χ0v) is 23.9. The van der Waals surface area contributed by atoms with Crippen LogP contribution in [-0.4, -0.2) is 23.3 Å². The van der Waals surface area contributed by atoms with Gasteiger partial charge in [0.25, 0.3) is 0 Å². The van der Waals surface area contributed by atoms with Crippen LogP contribution in [0.15, 0.2) is 121 Å². The van der Waals surface area contributed by atoms with Crippen molar-refractivity contribution in [1.29, 1.82) is 0 Å². The minimum absolute atomic E-state index is 0.371. The van der Waals surface area contributed by atoms with Crippen LogP contribution in [0.5, 0.6) is 0 Å². The number of hydrogen-bond donors (Lipinski definition) is 0. The van der Waals surface area contributed by atoms with E-state index in [4.69, 9.17) is 14.3 Å². The van der Waals surface area contributed by atoms with E-state index in [0.29, 0.717) is 0 Å². The van der Waals surface area contributed by atoms with Crippen LogP contribution in [0.1, 0.15) is 27.7 Å². The van der Waals surface area contributed by atoms with Crippen LogP contribution < -0.4 is 5.46 Å². The highest BCUT2D eigenvalue weighted by molar-refractivity contribution is 6.62. The molecule has 0 amide bonds. The largest absolute Gasteiger partial charge is 0.494 e. The highest BCUT2D eigenvalue weighted by atomic mass is 16.7. The van der Waals surface area contributed by atoms with E-state index in [2.05, 4.69) is 149 Å². The molecule has 0 saturated carbocycles. The summed E-state index contributed by atoms with van der Waals surface area (Å²) in [5.41, 5.74) is 8.08. The molecular weight excluding hydrogens is 501 g/mol. The molecule has 1 aromatic heterocycles. The first-order chi connectivity index (χ1) is 19.8. The fourth-order valence-corrected chi connectivity index (χ4v) is 5.81. The standard InChI is InChI=1S/C37H32BNO2/c1-36(2)37(3,4)41-38(40-36)27-23-21-26(22-24-27)29-18-12-19-32-34(29)31-17-10-11-20-33(31)39-35(32)30-16-9-8-15-28(30)25-13-6-5-7-14-25/h5-24H,1-4H3. The highest BCUT2D eigenvalue weighted by Gasteiger charge is 2.51. The van der Waals surface area contributed by atoms with Crippen LogP contribution in [0, 0.1) is 0 Å². The van der Waals surface area contributed by atoms with Gasteiger partial charge in [-0.3, -0.25) is 0 Å². The van der Waals surface area contributed by atoms with Gasteiger partial charge >= 0.3 is 7.12 Å². The van der Waals surface area contributed by atoms with E-state index in [1.165, 1.54) is 22.1 Å². The number of hydrogen-bond acceptors (Lipinski definition) is 3. The summed E-state index contributed by atoms with van der Waals surface area (Å²) in [6.07, 6.45) is 0. The molecular formula is C37H32BNO2. The molecule has 41 heavy (non-hydrogen) atoms. The normalized spacial score (nSPS) is 16.0. The Balaban J connectivity index is 1.40. The molecule has 0 N–H and O–H groups in total. The number of benzene rings is 5. The van der Waals surface area contributed by atoms with E-state index >= 15 is 0 Å². The molecule has 200 valence electrons. The first-order valence-corrected chi connectivity index (χ1v) is 14.2. The minimum atomic E-state index is -0.382. The second kappa shape index (κ2) is 9.69. The van der Waals surface area contributed by atoms with Gasteiger partial charge in [-0.25, -0.2) is 4.98 Å². The first-order valence-electron chi connectivity index (χ1n) is 14.2. The fourth-order valence-electron chi connectivity index (χ4n) is 5.81. The summed E-state index contributed by atoms with van der Waals surface area (Å²) in [7, 11) is -0.382. The highest BCUT2D eigenvalue weighted by Crippen LogP contribution is 2.41. The number of aromatic nitrogens is 1. The van der Waals surface area contributed by atoms with E-state index in [0.717, 1.165) is 38.6 Å². The monoisotopic (exact) mass is 533 g/mol. The lowest BCUT2D eigenvalue weighted by atomic mass is 9.78. The molecule has 7 rings (SSSR count).